The van der Waals surface area contributed by atoms with Gasteiger partial charge in [-0.2, -0.15) is 0 Å². The molecule has 2 aliphatic heterocycles. The third-order valence-electron chi connectivity index (χ3n) is 6.03. The Morgan fingerprint density at radius 3 is 2.54 bits per heavy atom. The summed E-state index contributed by atoms with van der Waals surface area (Å²) in [5, 5.41) is 3.34. The number of rotatable bonds is 7. The largest absolute Gasteiger partial charge is 0.340 e. The highest BCUT2D eigenvalue weighted by molar-refractivity contribution is 7.91. The standard InChI is InChI=1S/C21H33N3O3S/c1-17(21(25)23(2)20-10-13-28(26,27)16-20)22-14-18-8-4-5-9-19(18)15-24-11-6-3-7-12-24/h4-5,8-9,17,20,22H,3,6-7,10-16H2,1-2H3. The van der Waals surface area contributed by atoms with Gasteiger partial charge in [0.2, 0.25) is 5.91 Å². The van der Waals surface area contributed by atoms with Gasteiger partial charge in [-0.3, -0.25) is 9.69 Å². The van der Waals surface area contributed by atoms with Gasteiger partial charge in [-0.15, -0.1) is 0 Å². The molecular weight excluding hydrogens is 374 g/mol. The van der Waals surface area contributed by atoms with Crippen LogP contribution in [0.5, 0.6) is 0 Å². The number of nitrogens with zero attached hydrogens (tertiary/aromatic N) is 2. The van der Waals surface area contributed by atoms with E-state index < -0.39 is 9.84 Å². The zero-order chi connectivity index (χ0) is 20.1. The van der Waals surface area contributed by atoms with Crippen LogP contribution >= 0.6 is 0 Å². The molecule has 2 unspecified atom stereocenters. The molecule has 2 saturated heterocycles. The maximum Gasteiger partial charge on any atom is 0.239 e. The number of likely N-dealkylation sites (tertiary alicyclic amines) is 1. The highest BCUT2D eigenvalue weighted by atomic mass is 32.2. The van der Waals surface area contributed by atoms with Gasteiger partial charge in [-0.25, -0.2) is 8.42 Å². The Hall–Kier alpha value is -1.44. The summed E-state index contributed by atoms with van der Waals surface area (Å²) in [6, 6.07) is 7.86. The van der Waals surface area contributed by atoms with Gasteiger partial charge in [-0.1, -0.05) is 30.7 Å². The second-order valence-corrected chi connectivity index (χ2v) is 10.4. The summed E-state index contributed by atoms with van der Waals surface area (Å²) in [6.45, 7) is 5.76. The first-order chi connectivity index (χ1) is 13.4. The highest BCUT2D eigenvalue weighted by Crippen LogP contribution is 2.18. The van der Waals surface area contributed by atoms with E-state index in [0.29, 0.717) is 13.0 Å². The molecule has 156 valence electrons. The number of sulfone groups is 1. The highest BCUT2D eigenvalue weighted by Gasteiger charge is 2.33. The molecule has 0 spiro atoms. The van der Waals surface area contributed by atoms with Crippen LogP contribution in [0.25, 0.3) is 0 Å². The molecule has 1 aromatic carbocycles. The average molecular weight is 408 g/mol. The van der Waals surface area contributed by atoms with Crippen LogP contribution in [0.3, 0.4) is 0 Å². The van der Waals surface area contributed by atoms with Crippen LogP contribution in [0.15, 0.2) is 24.3 Å². The Balaban J connectivity index is 1.55. The normalized spacial score (nSPS) is 23.4. The Kier molecular flexibility index (Phi) is 7.12. The van der Waals surface area contributed by atoms with E-state index in [9.17, 15) is 13.2 Å². The van der Waals surface area contributed by atoms with Gasteiger partial charge >= 0.3 is 0 Å². The number of carbonyl (C=O) groups excluding carboxylic acids is 1. The summed E-state index contributed by atoms with van der Waals surface area (Å²) in [4.78, 5) is 16.8. The zero-order valence-corrected chi connectivity index (χ0v) is 17.9. The lowest BCUT2D eigenvalue weighted by Gasteiger charge is -2.28. The molecule has 7 heteroatoms. The molecule has 2 aliphatic rings. The van der Waals surface area contributed by atoms with Gasteiger partial charge in [0, 0.05) is 26.2 Å². The molecule has 2 heterocycles. The second kappa shape index (κ2) is 9.37. The molecular formula is C21H33N3O3S. The Bertz CT molecular complexity index is 775. The molecule has 0 bridgehead atoms. The first-order valence-electron chi connectivity index (χ1n) is 10.4. The summed E-state index contributed by atoms with van der Waals surface area (Å²) < 4.78 is 23.4. The minimum atomic E-state index is -2.99. The number of benzene rings is 1. The first kappa shape index (κ1) is 21.3. The van der Waals surface area contributed by atoms with Crippen molar-refractivity contribution in [2.24, 2.45) is 0 Å². The lowest BCUT2D eigenvalue weighted by molar-refractivity contribution is -0.133. The van der Waals surface area contributed by atoms with Crippen LogP contribution in [-0.2, 0) is 27.7 Å². The molecule has 6 nitrogen and oxygen atoms in total. The van der Waals surface area contributed by atoms with Crippen molar-refractivity contribution >= 4 is 15.7 Å². The molecule has 0 aliphatic carbocycles. The number of nitrogens with one attached hydrogen (secondary N) is 1. The predicted molar refractivity (Wildman–Crippen MR) is 112 cm³/mol. The van der Waals surface area contributed by atoms with Gasteiger partial charge in [0.05, 0.1) is 17.5 Å². The van der Waals surface area contributed by atoms with Crippen molar-refractivity contribution < 1.29 is 13.2 Å². The van der Waals surface area contributed by atoms with Gasteiger partial charge < -0.3 is 10.2 Å². The van der Waals surface area contributed by atoms with Crippen molar-refractivity contribution in [2.45, 2.75) is 57.8 Å². The summed E-state index contributed by atoms with van der Waals surface area (Å²) in [6.07, 6.45) is 4.41. The van der Waals surface area contributed by atoms with E-state index in [-0.39, 0.29) is 29.5 Å². The van der Waals surface area contributed by atoms with E-state index in [2.05, 4.69) is 28.4 Å². The Morgan fingerprint density at radius 1 is 1.21 bits per heavy atom. The SMILES string of the molecule is CC(NCc1ccccc1CN1CCCCC1)C(=O)N(C)C1CCS(=O)(=O)C1. The van der Waals surface area contributed by atoms with E-state index in [4.69, 9.17) is 0 Å². The summed E-state index contributed by atoms with van der Waals surface area (Å²) in [5.74, 6) is 0.220. The third kappa shape index (κ3) is 5.55. The summed E-state index contributed by atoms with van der Waals surface area (Å²) in [7, 11) is -1.28. The molecule has 28 heavy (non-hydrogen) atoms. The first-order valence-corrected chi connectivity index (χ1v) is 12.2. The maximum absolute atomic E-state index is 12.7. The van der Waals surface area contributed by atoms with Crippen molar-refractivity contribution in [1.29, 1.82) is 0 Å². The molecule has 2 atom stereocenters. The van der Waals surface area contributed by atoms with E-state index in [1.807, 2.05) is 13.0 Å². The van der Waals surface area contributed by atoms with Crippen molar-refractivity contribution in [3.63, 3.8) is 0 Å². The van der Waals surface area contributed by atoms with Crippen molar-refractivity contribution in [3.05, 3.63) is 35.4 Å². The molecule has 1 aromatic rings. The lowest BCUT2D eigenvalue weighted by Crippen LogP contribution is -2.47. The molecule has 3 rings (SSSR count). The fourth-order valence-corrected chi connectivity index (χ4v) is 5.93. The van der Waals surface area contributed by atoms with Crippen molar-refractivity contribution in [2.75, 3.05) is 31.6 Å². The minimum absolute atomic E-state index is 0.0457. The van der Waals surface area contributed by atoms with Crippen LogP contribution in [-0.4, -0.2) is 67.9 Å². The molecule has 0 aromatic heterocycles. The van der Waals surface area contributed by atoms with E-state index in [1.54, 1.807) is 11.9 Å². The number of hydrogen-bond donors (Lipinski definition) is 1. The molecule has 1 amide bonds. The fraction of sp³-hybridized carbons (Fsp3) is 0.667. The summed E-state index contributed by atoms with van der Waals surface area (Å²) in [5.41, 5.74) is 2.53. The van der Waals surface area contributed by atoms with Crippen LogP contribution in [0, 0.1) is 0 Å². The van der Waals surface area contributed by atoms with Crippen LogP contribution in [0.2, 0.25) is 0 Å². The van der Waals surface area contributed by atoms with Crippen LogP contribution in [0.4, 0.5) is 0 Å². The van der Waals surface area contributed by atoms with Crippen molar-refractivity contribution in [3.8, 4) is 0 Å². The third-order valence-corrected chi connectivity index (χ3v) is 7.78. The predicted octanol–water partition coefficient (Wildman–Crippen LogP) is 1.80. The second-order valence-electron chi connectivity index (χ2n) is 8.21. The van der Waals surface area contributed by atoms with Crippen LogP contribution < -0.4 is 5.32 Å². The molecule has 1 N–H and O–H groups in total. The smallest absolute Gasteiger partial charge is 0.239 e. The Labute approximate surface area is 169 Å². The zero-order valence-electron chi connectivity index (χ0n) is 17.1. The molecule has 2 fully saturated rings. The van der Waals surface area contributed by atoms with E-state index in [1.165, 1.54) is 30.4 Å². The number of amides is 1. The van der Waals surface area contributed by atoms with Gasteiger partial charge in [0.15, 0.2) is 9.84 Å². The van der Waals surface area contributed by atoms with Gasteiger partial charge in [0.25, 0.3) is 0 Å². The number of hydrogen-bond acceptors (Lipinski definition) is 5. The quantitative estimate of drug-likeness (QED) is 0.746. The monoisotopic (exact) mass is 407 g/mol. The minimum Gasteiger partial charge on any atom is -0.340 e. The number of likely N-dealkylation sites (N-methyl/N-ethyl adjacent to an activating group) is 1. The maximum atomic E-state index is 12.7. The number of piperidine rings is 1. The van der Waals surface area contributed by atoms with E-state index >= 15 is 0 Å². The van der Waals surface area contributed by atoms with Crippen molar-refractivity contribution in [1.82, 2.24) is 15.1 Å². The molecule has 0 saturated carbocycles. The van der Waals surface area contributed by atoms with E-state index in [0.717, 1.165) is 19.6 Å². The lowest BCUT2D eigenvalue weighted by atomic mass is 10.0. The number of carbonyl (C=O) groups is 1. The molecule has 0 radical (unpaired) electrons. The topological polar surface area (TPSA) is 69.7 Å². The van der Waals surface area contributed by atoms with Gasteiger partial charge in [-0.05, 0) is 50.4 Å². The Morgan fingerprint density at radius 2 is 1.89 bits per heavy atom. The average Bonchev–Trinajstić information content (AvgIpc) is 3.06. The van der Waals surface area contributed by atoms with Crippen LogP contribution in [0.1, 0.15) is 43.7 Å². The summed E-state index contributed by atoms with van der Waals surface area (Å²) >= 11 is 0. The van der Waals surface area contributed by atoms with Gasteiger partial charge in [0.1, 0.15) is 0 Å². The fourth-order valence-electron chi connectivity index (χ4n) is 4.16.